The zero-order valence-electron chi connectivity index (χ0n) is 15.5. The summed E-state index contributed by atoms with van der Waals surface area (Å²) in [7, 11) is 0. The van der Waals surface area contributed by atoms with E-state index in [4.69, 9.17) is 0 Å². The molecule has 0 aliphatic heterocycles. The molecule has 3 rings (SSSR count). The van der Waals surface area contributed by atoms with Gasteiger partial charge in [0, 0.05) is 28.8 Å². The summed E-state index contributed by atoms with van der Waals surface area (Å²) in [5.41, 5.74) is 5.46. The van der Waals surface area contributed by atoms with Gasteiger partial charge in [0.1, 0.15) is 5.69 Å². The van der Waals surface area contributed by atoms with Crippen molar-refractivity contribution < 1.29 is 9.59 Å². The van der Waals surface area contributed by atoms with Gasteiger partial charge in [-0.05, 0) is 80.4 Å². The SMILES string of the molecule is CC(=O)c1ccc(Nc2ccnc(C(=O)Nc3cc(C)cc(C)c3)c2)cc1. The van der Waals surface area contributed by atoms with Gasteiger partial charge in [-0.25, -0.2) is 0 Å². The number of hydrogen-bond donors (Lipinski definition) is 2. The fourth-order valence-electron chi connectivity index (χ4n) is 2.83. The molecule has 0 spiro atoms. The lowest BCUT2D eigenvalue weighted by atomic mass is 10.1. The van der Waals surface area contributed by atoms with Crippen LogP contribution in [0.15, 0.2) is 60.8 Å². The maximum atomic E-state index is 12.5. The Morgan fingerprint density at radius 3 is 2.11 bits per heavy atom. The van der Waals surface area contributed by atoms with Gasteiger partial charge in [-0.15, -0.1) is 0 Å². The monoisotopic (exact) mass is 359 g/mol. The number of Topliss-reactive ketones (excluding diaryl/α,β-unsaturated/α-hetero) is 1. The van der Waals surface area contributed by atoms with E-state index in [9.17, 15) is 9.59 Å². The Bertz CT molecular complexity index is 974. The average Bonchev–Trinajstić information content (AvgIpc) is 2.61. The van der Waals surface area contributed by atoms with Gasteiger partial charge in [-0.3, -0.25) is 14.6 Å². The first kappa shape index (κ1) is 18.3. The summed E-state index contributed by atoms with van der Waals surface area (Å²) < 4.78 is 0. The topological polar surface area (TPSA) is 71.1 Å². The van der Waals surface area contributed by atoms with Crippen molar-refractivity contribution >= 4 is 28.8 Å². The van der Waals surface area contributed by atoms with Crippen molar-refractivity contribution in [2.24, 2.45) is 0 Å². The molecule has 0 aliphatic rings. The number of aryl methyl sites for hydroxylation is 2. The summed E-state index contributed by atoms with van der Waals surface area (Å²) in [4.78, 5) is 28.0. The van der Waals surface area contributed by atoms with Crippen molar-refractivity contribution in [3.8, 4) is 0 Å². The van der Waals surface area contributed by atoms with Crippen molar-refractivity contribution in [2.75, 3.05) is 10.6 Å². The minimum Gasteiger partial charge on any atom is -0.355 e. The molecule has 5 nitrogen and oxygen atoms in total. The van der Waals surface area contributed by atoms with Crippen LogP contribution in [0.25, 0.3) is 0 Å². The van der Waals surface area contributed by atoms with Crippen LogP contribution >= 0.6 is 0 Å². The fourth-order valence-corrected chi connectivity index (χ4v) is 2.83. The number of rotatable bonds is 5. The number of hydrogen-bond acceptors (Lipinski definition) is 4. The largest absolute Gasteiger partial charge is 0.355 e. The van der Waals surface area contributed by atoms with E-state index >= 15 is 0 Å². The molecule has 0 saturated heterocycles. The Labute approximate surface area is 158 Å². The highest BCUT2D eigenvalue weighted by molar-refractivity contribution is 6.03. The molecule has 27 heavy (non-hydrogen) atoms. The van der Waals surface area contributed by atoms with Crippen LogP contribution in [0, 0.1) is 13.8 Å². The summed E-state index contributed by atoms with van der Waals surface area (Å²) in [6, 6.07) is 16.5. The molecule has 1 aromatic heterocycles. The predicted molar refractivity (Wildman–Crippen MR) is 108 cm³/mol. The summed E-state index contributed by atoms with van der Waals surface area (Å²) in [6.07, 6.45) is 1.59. The first-order chi connectivity index (χ1) is 12.9. The molecule has 0 saturated carbocycles. The summed E-state index contributed by atoms with van der Waals surface area (Å²) in [6.45, 7) is 5.51. The maximum absolute atomic E-state index is 12.5. The van der Waals surface area contributed by atoms with E-state index in [0.29, 0.717) is 11.3 Å². The molecule has 0 aliphatic carbocycles. The number of pyridine rings is 1. The van der Waals surface area contributed by atoms with Crippen molar-refractivity contribution in [2.45, 2.75) is 20.8 Å². The molecular weight excluding hydrogens is 338 g/mol. The third-order valence-electron chi connectivity index (χ3n) is 4.05. The minimum absolute atomic E-state index is 0.0239. The van der Waals surface area contributed by atoms with Crippen molar-refractivity contribution in [1.82, 2.24) is 4.98 Å². The summed E-state index contributed by atoms with van der Waals surface area (Å²) in [5.74, 6) is -0.244. The Hall–Kier alpha value is -3.47. The van der Waals surface area contributed by atoms with Gasteiger partial charge in [0.05, 0.1) is 0 Å². The number of amides is 1. The molecule has 0 radical (unpaired) electrons. The Kier molecular flexibility index (Phi) is 5.31. The molecule has 2 aromatic carbocycles. The molecule has 1 amide bonds. The number of carbonyl (C=O) groups excluding carboxylic acids is 2. The van der Waals surface area contributed by atoms with Gasteiger partial charge >= 0.3 is 0 Å². The third-order valence-corrected chi connectivity index (χ3v) is 4.05. The normalized spacial score (nSPS) is 10.3. The van der Waals surface area contributed by atoms with Crippen LogP contribution in [0.3, 0.4) is 0 Å². The van der Waals surface area contributed by atoms with Crippen LogP contribution in [0.1, 0.15) is 38.9 Å². The zero-order chi connectivity index (χ0) is 19.4. The number of carbonyl (C=O) groups is 2. The number of benzene rings is 2. The van der Waals surface area contributed by atoms with E-state index in [-0.39, 0.29) is 11.7 Å². The first-order valence-corrected chi connectivity index (χ1v) is 8.64. The van der Waals surface area contributed by atoms with Crippen LogP contribution in [0.5, 0.6) is 0 Å². The second kappa shape index (κ2) is 7.83. The fraction of sp³-hybridized carbons (Fsp3) is 0.136. The van der Waals surface area contributed by atoms with Gasteiger partial charge < -0.3 is 10.6 Å². The zero-order valence-corrected chi connectivity index (χ0v) is 15.5. The molecular formula is C22H21N3O2. The average molecular weight is 359 g/mol. The van der Waals surface area contributed by atoms with E-state index in [0.717, 1.165) is 28.2 Å². The highest BCUT2D eigenvalue weighted by Gasteiger charge is 2.09. The first-order valence-electron chi connectivity index (χ1n) is 8.64. The number of anilines is 3. The van der Waals surface area contributed by atoms with Crippen molar-refractivity contribution in [1.29, 1.82) is 0 Å². The molecule has 0 unspecified atom stereocenters. The second-order valence-electron chi connectivity index (χ2n) is 6.52. The predicted octanol–water partition coefficient (Wildman–Crippen LogP) is 4.90. The highest BCUT2D eigenvalue weighted by Crippen LogP contribution is 2.19. The summed E-state index contributed by atoms with van der Waals surface area (Å²) >= 11 is 0. The number of nitrogens with zero attached hydrogens (tertiary/aromatic N) is 1. The Morgan fingerprint density at radius 2 is 1.48 bits per heavy atom. The number of aromatic nitrogens is 1. The third kappa shape index (κ3) is 4.79. The van der Waals surface area contributed by atoms with Gasteiger partial charge in [-0.1, -0.05) is 6.07 Å². The van der Waals surface area contributed by atoms with Crippen LogP contribution in [-0.2, 0) is 0 Å². The van der Waals surface area contributed by atoms with E-state index in [2.05, 4.69) is 21.7 Å². The maximum Gasteiger partial charge on any atom is 0.274 e. The second-order valence-corrected chi connectivity index (χ2v) is 6.52. The van der Waals surface area contributed by atoms with Crippen molar-refractivity contribution in [3.05, 3.63) is 83.2 Å². The highest BCUT2D eigenvalue weighted by atomic mass is 16.2. The van der Waals surface area contributed by atoms with Crippen LogP contribution in [-0.4, -0.2) is 16.7 Å². The molecule has 3 aromatic rings. The lowest BCUT2D eigenvalue weighted by Crippen LogP contribution is -2.14. The van der Waals surface area contributed by atoms with Crippen molar-refractivity contribution in [3.63, 3.8) is 0 Å². The van der Waals surface area contributed by atoms with Gasteiger partial charge in [-0.2, -0.15) is 0 Å². The molecule has 136 valence electrons. The van der Waals surface area contributed by atoms with Crippen LogP contribution in [0.4, 0.5) is 17.1 Å². The molecule has 0 bridgehead atoms. The molecule has 1 heterocycles. The molecule has 5 heteroatoms. The molecule has 0 fully saturated rings. The Balaban J connectivity index is 1.74. The van der Waals surface area contributed by atoms with E-state index in [1.165, 1.54) is 6.92 Å². The lowest BCUT2D eigenvalue weighted by Gasteiger charge is -2.10. The summed E-state index contributed by atoms with van der Waals surface area (Å²) in [5, 5.41) is 6.10. The van der Waals surface area contributed by atoms with Gasteiger partial charge in [0.25, 0.3) is 5.91 Å². The smallest absolute Gasteiger partial charge is 0.274 e. The van der Waals surface area contributed by atoms with Gasteiger partial charge in [0.2, 0.25) is 0 Å². The standard InChI is InChI=1S/C22H21N3O2/c1-14-10-15(2)12-20(11-14)25-22(27)21-13-19(8-9-23-21)24-18-6-4-17(5-7-18)16(3)26/h4-13H,1-3H3,(H,23,24)(H,25,27). The van der Waals surface area contributed by atoms with E-state index in [1.54, 1.807) is 30.5 Å². The minimum atomic E-state index is -0.268. The van der Waals surface area contributed by atoms with E-state index in [1.807, 2.05) is 38.1 Å². The van der Waals surface area contributed by atoms with Crippen LogP contribution in [0.2, 0.25) is 0 Å². The van der Waals surface area contributed by atoms with Crippen LogP contribution < -0.4 is 10.6 Å². The molecule has 0 atom stereocenters. The lowest BCUT2D eigenvalue weighted by molar-refractivity contribution is 0.101. The Morgan fingerprint density at radius 1 is 0.815 bits per heavy atom. The quantitative estimate of drug-likeness (QED) is 0.636. The number of ketones is 1. The molecule has 2 N–H and O–H groups in total. The van der Waals surface area contributed by atoms with E-state index < -0.39 is 0 Å². The van der Waals surface area contributed by atoms with Gasteiger partial charge in [0.15, 0.2) is 5.78 Å². The number of nitrogens with one attached hydrogen (secondary N) is 2.